The van der Waals surface area contributed by atoms with Crippen molar-refractivity contribution < 1.29 is 24.2 Å². The Labute approximate surface area is 303 Å². The van der Waals surface area contributed by atoms with E-state index in [9.17, 15) is 19.7 Å². The molecular weight excluding hydrogens is 651 g/mol. The summed E-state index contributed by atoms with van der Waals surface area (Å²) in [6, 6.07) is 11.2. The highest BCUT2D eigenvalue weighted by Gasteiger charge is 2.22. The van der Waals surface area contributed by atoms with E-state index >= 15 is 0 Å². The van der Waals surface area contributed by atoms with Crippen LogP contribution in [-0.2, 0) is 25.7 Å². The van der Waals surface area contributed by atoms with Gasteiger partial charge in [-0.3, -0.25) is 10.1 Å². The number of nitro groups is 1. The van der Waals surface area contributed by atoms with E-state index in [4.69, 9.17) is 9.68 Å². The molecule has 1 saturated carbocycles. The van der Waals surface area contributed by atoms with E-state index in [2.05, 4.69) is 37.1 Å². The normalized spacial score (nSPS) is 14.4. The van der Waals surface area contributed by atoms with E-state index in [1.807, 2.05) is 18.2 Å². The Morgan fingerprint density at radius 1 is 0.840 bits per heavy atom. The molecule has 0 unspecified atom stereocenters. The van der Waals surface area contributed by atoms with Crippen LogP contribution in [0.15, 0.2) is 56.5 Å². The second kappa shape index (κ2) is 21.0. The maximum atomic E-state index is 12.5. The molecule has 50 heavy (non-hydrogen) atoms. The molecule has 1 fully saturated rings. The number of oxime groups is 2. The van der Waals surface area contributed by atoms with Crippen LogP contribution in [0.4, 0.5) is 5.69 Å². The van der Waals surface area contributed by atoms with E-state index in [1.165, 1.54) is 43.9 Å². The van der Waals surface area contributed by atoms with Crippen LogP contribution >= 0.6 is 11.8 Å². The summed E-state index contributed by atoms with van der Waals surface area (Å²) in [6.07, 6.45) is 13.0. The summed E-state index contributed by atoms with van der Waals surface area (Å²) in [5.41, 5.74) is 3.79. The molecule has 0 amide bonds. The smallest absolute Gasteiger partial charge is 0.318 e. The molecule has 10 heteroatoms. The highest BCUT2D eigenvalue weighted by atomic mass is 32.2. The first-order chi connectivity index (χ1) is 23.9. The number of hydrogen-bond acceptors (Lipinski definition) is 9. The van der Waals surface area contributed by atoms with Crippen molar-refractivity contribution in [1.82, 2.24) is 0 Å². The van der Waals surface area contributed by atoms with Crippen molar-refractivity contribution in [1.29, 1.82) is 0 Å². The number of unbranched alkanes of at least 4 members (excludes halogenated alkanes) is 1. The minimum Gasteiger partial charge on any atom is -0.318 e. The molecule has 0 N–H and O–H groups in total. The van der Waals surface area contributed by atoms with Crippen LogP contribution in [0.1, 0.15) is 142 Å². The number of rotatable bonds is 19. The summed E-state index contributed by atoms with van der Waals surface area (Å²) in [4.78, 5) is 48.6. The van der Waals surface area contributed by atoms with Gasteiger partial charge in [0.25, 0.3) is 5.69 Å². The Morgan fingerprint density at radius 2 is 1.42 bits per heavy atom. The first kappa shape index (κ1) is 40.9. The Hall–Kier alpha value is -3.53. The SMILES string of the molecule is CCC/C(=N\OC(=O)C(C)C)c1ccc(Sc2ccc(/C(CCC3CCCCC3)=N\OC(=O)C(C)C)cc2[N+](=O)[O-])c(CCCCC(C)C)c1. The van der Waals surface area contributed by atoms with Crippen LogP contribution < -0.4 is 0 Å². The van der Waals surface area contributed by atoms with Crippen molar-refractivity contribution in [2.24, 2.45) is 34.0 Å². The van der Waals surface area contributed by atoms with Gasteiger partial charge >= 0.3 is 11.9 Å². The van der Waals surface area contributed by atoms with Gasteiger partial charge in [-0.1, -0.05) is 134 Å². The largest absolute Gasteiger partial charge is 0.337 e. The maximum Gasteiger partial charge on any atom is 0.337 e. The van der Waals surface area contributed by atoms with Crippen molar-refractivity contribution in [3.63, 3.8) is 0 Å². The fourth-order valence-electron chi connectivity index (χ4n) is 5.92. The van der Waals surface area contributed by atoms with Crippen LogP contribution in [0.3, 0.4) is 0 Å². The van der Waals surface area contributed by atoms with Crippen LogP contribution in [0, 0.1) is 33.8 Å². The van der Waals surface area contributed by atoms with E-state index < -0.39 is 5.97 Å². The molecule has 1 aliphatic rings. The molecule has 1 aliphatic carbocycles. The van der Waals surface area contributed by atoms with Crippen molar-refractivity contribution in [2.75, 3.05) is 0 Å². The lowest BCUT2D eigenvalue weighted by Gasteiger charge is -2.21. The predicted octanol–water partition coefficient (Wildman–Crippen LogP) is 11.1. The molecule has 0 aromatic heterocycles. The summed E-state index contributed by atoms with van der Waals surface area (Å²) in [5, 5.41) is 21.0. The molecule has 0 radical (unpaired) electrons. The van der Waals surface area contributed by atoms with Crippen LogP contribution in [0.25, 0.3) is 0 Å². The van der Waals surface area contributed by atoms with Crippen LogP contribution in [0.5, 0.6) is 0 Å². The standard InChI is InChI=1S/C40H57N3O6S/c1-8-14-34(41-48-39(44)28(4)5)31-20-23-37(33(25-31)18-13-12-15-27(2)3)50-38-24-21-32(26-36(38)43(46)47)35(42-49-40(45)29(6)7)22-19-30-16-10-9-11-17-30/h20-21,23-30H,8-19,22H2,1-7H3/b41-34+,42-35-. The molecule has 2 aromatic carbocycles. The number of carbonyl (C=O) groups excluding carboxylic acids is 2. The molecule has 0 aliphatic heterocycles. The fraction of sp³-hybridized carbons (Fsp3) is 0.600. The van der Waals surface area contributed by atoms with Gasteiger partial charge in [-0.15, -0.1) is 0 Å². The van der Waals surface area contributed by atoms with E-state index in [0.29, 0.717) is 46.6 Å². The third-order valence-electron chi connectivity index (χ3n) is 9.02. The van der Waals surface area contributed by atoms with Gasteiger partial charge in [0.1, 0.15) is 0 Å². The van der Waals surface area contributed by atoms with Gasteiger partial charge < -0.3 is 9.68 Å². The van der Waals surface area contributed by atoms with Crippen molar-refractivity contribution in [3.05, 3.63) is 63.2 Å². The Kier molecular flexibility index (Phi) is 17.2. The highest BCUT2D eigenvalue weighted by Crippen LogP contribution is 2.39. The van der Waals surface area contributed by atoms with Gasteiger partial charge in [0.2, 0.25) is 0 Å². The van der Waals surface area contributed by atoms with Gasteiger partial charge in [-0.25, -0.2) is 9.59 Å². The zero-order valence-corrected chi connectivity index (χ0v) is 32.0. The molecule has 0 heterocycles. The minimum atomic E-state index is -0.434. The molecule has 0 atom stereocenters. The number of hydrogen-bond donors (Lipinski definition) is 0. The lowest BCUT2D eigenvalue weighted by molar-refractivity contribution is -0.387. The summed E-state index contributed by atoms with van der Waals surface area (Å²) in [7, 11) is 0. The minimum absolute atomic E-state index is 0.0169. The number of benzene rings is 2. The summed E-state index contributed by atoms with van der Waals surface area (Å²) < 4.78 is 0. The first-order valence-corrected chi connectivity index (χ1v) is 19.4. The van der Waals surface area contributed by atoms with Crippen LogP contribution in [0.2, 0.25) is 0 Å². The predicted molar refractivity (Wildman–Crippen MR) is 202 cm³/mol. The number of aryl methyl sites for hydroxylation is 1. The second-order valence-electron chi connectivity index (χ2n) is 14.5. The Balaban J connectivity index is 1.98. The lowest BCUT2D eigenvalue weighted by Crippen LogP contribution is -2.13. The van der Waals surface area contributed by atoms with E-state index in [0.717, 1.165) is 54.5 Å². The van der Waals surface area contributed by atoms with Gasteiger partial charge in [0, 0.05) is 16.5 Å². The molecule has 0 saturated heterocycles. The summed E-state index contributed by atoms with van der Waals surface area (Å²) >= 11 is 1.38. The number of carbonyl (C=O) groups is 2. The van der Waals surface area contributed by atoms with Crippen LogP contribution in [-0.4, -0.2) is 28.3 Å². The quantitative estimate of drug-likeness (QED) is 0.0468. The zero-order chi connectivity index (χ0) is 36.6. The average Bonchev–Trinajstić information content (AvgIpc) is 3.09. The van der Waals surface area contributed by atoms with Crippen molar-refractivity contribution in [3.8, 4) is 0 Å². The van der Waals surface area contributed by atoms with Gasteiger partial charge in [0.05, 0.1) is 33.1 Å². The van der Waals surface area contributed by atoms with Gasteiger partial charge in [-0.05, 0) is 73.3 Å². The van der Waals surface area contributed by atoms with E-state index in [-0.39, 0.29) is 28.4 Å². The zero-order valence-electron chi connectivity index (χ0n) is 31.2. The fourth-order valence-corrected chi connectivity index (χ4v) is 6.96. The molecule has 2 aromatic rings. The van der Waals surface area contributed by atoms with E-state index in [1.54, 1.807) is 39.8 Å². The molecule has 274 valence electrons. The van der Waals surface area contributed by atoms with Crippen molar-refractivity contribution >= 4 is 40.8 Å². The van der Waals surface area contributed by atoms with Crippen molar-refractivity contribution in [2.45, 2.75) is 142 Å². The lowest BCUT2D eigenvalue weighted by atomic mass is 9.85. The first-order valence-electron chi connectivity index (χ1n) is 18.5. The molecule has 0 spiro atoms. The molecular formula is C40H57N3O6S. The second-order valence-corrected chi connectivity index (χ2v) is 15.6. The monoisotopic (exact) mass is 707 g/mol. The summed E-state index contributed by atoms with van der Waals surface area (Å²) in [5.74, 6) is -0.246. The third-order valence-corrected chi connectivity index (χ3v) is 10.2. The van der Waals surface area contributed by atoms with Gasteiger partial charge in [0.15, 0.2) is 0 Å². The number of nitrogens with zero attached hydrogens (tertiary/aromatic N) is 3. The number of nitro benzene ring substituents is 1. The molecule has 0 bridgehead atoms. The Morgan fingerprint density at radius 3 is 1.98 bits per heavy atom. The maximum absolute atomic E-state index is 12.5. The average molecular weight is 708 g/mol. The Bertz CT molecular complexity index is 1490. The highest BCUT2D eigenvalue weighted by molar-refractivity contribution is 7.99. The third kappa shape index (κ3) is 13.3. The topological polar surface area (TPSA) is 120 Å². The van der Waals surface area contributed by atoms with Gasteiger partial charge in [-0.2, -0.15) is 0 Å². The summed E-state index contributed by atoms with van der Waals surface area (Å²) in [6.45, 7) is 13.5. The molecule has 3 rings (SSSR count). The molecule has 9 nitrogen and oxygen atoms in total.